The molecule has 4 heteroatoms. The molecule has 0 fully saturated rings. The van der Waals surface area contributed by atoms with Crippen molar-refractivity contribution in [2.75, 3.05) is 0 Å². The van der Waals surface area contributed by atoms with Gasteiger partial charge in [0.1, 0.15) is 0 Å². The average molecular weight is 339 g/mol. The summed E-state index contributed by atoms with van der Waals surface area (Å²) in [4.78, 5) is 0. The second-order valence-corrected chi connectivity index (χ2v) is 9.93. The van der Waals surface area contributed by atoms with Crippen molar-refractivity contribution in [1.82, 2.24) is 0 Å². The molecule has 0 saturated heterocycles. The summed E-state index contributed by atoms with van der Waals surface area (Å²) < 4.78 is 19.3. The van der Waals surface area contributed by atoms with Crippen LogP contribution in [0.2, 0.25) is 0 Å². The van der Waals surface area contributed by atoms with Crippen molar-refractivity contribution in [3.05, 3.63) is 35.9 Å². The van der Waals surface area contributed by atoms with Gasteiger partial charge in [-0.2, -0.15) is 0 Å². The first-order valence-corrected chi connectivity index (χ1v) is 10.6. The summed E-state index contributed by atoms with van der Waals surface area (Å²) in [6, 6.07) is 11.0. The first-order valence-electron chi connectivity index (χ1n) is 8.66. The highest BCUT2D eigenvalue weighted by Gasteiger charge is 2.48. The third-order valence-corrected chi connectivity index (χ3v) is 7.24. The monoisotopic (exact) mass is 338 g/mol. The number of benzene rings is 1. The zero-order chi connectivity index (χ0) is 17.7. The Labute approximate surface area is 143 Å². The predicted molar refractivity (Wildman–Crippen MR) is 98.3 cm³/mol. The maximum atomic E-state index is 6.61. The van der Waals surface area contributed by atoms with Crippen LogP contribution in [-0.2, 0) is 19.3 Å². The van der Waals surface area contributed by atoms with Gasteiger partial charge in [0, 0.05) is 18.3 Å². The molecule has 0 unspecified atom stereocenters. The Morgan fingerprint density at radius 2 is 1.35 bits per heavy atom. The maximum absolute atomic E-state index is 6.61. The summed E-state index contributed by atoms with van der Waals surface area (Å²) in [5.74, 6) is 0.372. The average Bonchev–Trinajstić information content (AvgIpc) is 2.36. The fraction of sp³-hybridized carbons (Fsp3) is 0.684. The molecule has 0 aliphatic rings. The second kappa shape index (κ2) is 8.43. The molecular weight excluding hydrogens is 304 g/mol. The molecule has 132 valence electrons. The Hall–Kier alpha value is -0.683. The lowest BCUT2D eigenvalue weighted by Crippen LogP contribution is -2.57. The Balaban J connectivity index is 3.17. The highest BCUT2D eigenvalue weighted by molar-refractivity contribution is 6.60. The summed E-state index contributed by atoms with van der Waals surface area (Å²) in [5.41, 5.74) is 0.894. The molecule has 0 N–H and O–H groups in total. The van der Waals surface area contributed by atoms with Crippen LogP contribution in [0.25, 0.3) is 0 Å². The van der Waals surface area contributed by atoms with Crippen molar-refractivity contribution in [3.63, 3.8) is 0 Å². The van der Waals surface area contributed by atoms with Crippen LogP contribution >= 0.6 is 0 Å². The molecule has 0 spiro atoms. The lowest BCUT2D eigenvalue weighted by molar-refractivity contribution is -0.0565. The zero-order valence-electron chi connectivity index (χ0n) is 16.1. The molecule has 0 bridgehead atoms. The van der Waals surface area contributed by atoms with E-state index in [0.717, 1.165) is 0 Å². The van der Waals surface area contributed by atoms with E-state index in [1.165, 1.54) is 5.56 Å². The summed E-state index contributed by atoms with van der Waals surface area (Å²) in [7, 11) is -2.86. The fourth-order valence-electron chi connectivity index (χ4n) is 2.28. The molecule has 0 amide bonds. The molecule has 0 heterocycles. The van der Waals surface area contributed by atoms with E-state index in [2.05, 4.69) is 39.8 Å². The van der Waals surface area contributed by atoms with Crippen molar-refractivity contribution in [2.45, 2.75) is 79.2 Å². The van der Waals surface area contributed by atoms with E-state index in [1.54, 1.807) is 0 Å². The Morgan fingerprint density at radius 1 is 0.870 bits per heavy atom. The minimum Gasteiger partial charge on any atom is -0.371 e. The van der Waals surface area contributed by atoms with Crippen molar-refractivity contribution >= 4 is 8.80 Å². The number of rotatable bonds is 9. The van der Waals surface area contributed by atoms with Gasteiger partial charge in [0.15, 0.2) is 0 Å². The van der Waals surface area contributed by atoms with E-state index in [0.29, 0.717) is 12.0 Å². The smallest absolute Gasteiger partial charge is 0.371 e. The lowest BCUT2D eigenvalue weighted by Gasteiger charge is -2.41. The zero-order valence-corrected chi connectivity index (χ0v) is 17.1. The Bertz CT molecular complexity index is 445. The SMILES string of the molecule is CC(C)O[Si](Cc1ccccc1)(OC(C)C)OC(C)(C)C(C)C. The highest BCUT2D eigenvalue weighted by Crippen LogP contribution is 2.30. The van der Waals surface area contributed by atoms with Crippen LogP contribution in [0.1, 0.15) is 61.0 Å². The summed E-state index contributed by atoms with van der Waals surface area (Å²) in [6.45, 7) is 16.8. The molecule has 0 saturated carbocycles. The van der Waals surface area contributed by atoms with Gasteiger partial charge in [-0.05, 0) is 53.0 Å². The summed E-state index contributed by atoms with van der Waals surface area (Å²) in [5, 5.41) is 0. The minimum atomic E-state index is -2.86. The van der Waals surface area contributed by atoms with Gasteiger partial charge in [0.05, 0.1) is 5.60 Å². The van der Waals surface area contributed by atoms with Crippen molar-refractivity contribution in [3.8, 4) is 0 Å². The molecule has 1 aromatic carbocycles. The third-order valence-electron chi connectivity index (χ3n) is 3.90. The minimum absolute atomic E-state index is 0.0621. The molecule has 1 aromatic rings. The molecular formula is C19H34O3Si. The molecule has 0 aliphatic heterocycles. The van der Waals surface area contributed by atoms with Gasteiger partial charge in [-0.3, -0.25) is 0 Å². The normalized spacial score (nSPS) is 13.3. The van der Waals surface area contributed by atoms with Gasteiger partial charge < -0.3 is 13.3 Å². The van der Waals surface area contributed by atoms with E-state index in [9.17, 15) is 0 Å². The quantitative estimate of drug-likeness (QED) is 0.592. The van der Waals surface area contributed by atoms with Crippen LogP contribution in [0, 0.1) is 5.92 Å². The largest absolute Gasteiger partial charge is 0.506 e. The van der Waals surface area contributed by atoms with Gasteiger partial charge in [-0.15, -0.1) is 0 Å². The standard InChI is InChI=1S/C19H34O3Si/c1-15(2)19(7,8)22-23(20-16(3)4,21-17(5)6)14-18-12-10-9-11-13-18/h9-13,15-17H,14H2,1-8H3. The van der Waals surface area contributed by atoms with Crippen LogP contribution in [0.3, 0.4) is 0 Å². The first kappa shape index (κ1) is 20.4. The molecule has 0 aromatic heterocycles. The van der Waals surface area contributed by atoms with E-state index >= 15 is 0 Å². The molecule has 0 aliphatic carbocycles. The van der Waals surface area contributed by atoms with Crippen molar-refractivity contribution < 1.29 is 13.3 Å². The van der Waals surface area contributed by atoms with E-state index < -0.39 is 8.80 Å². The second-order valence-electron chi connectivity index (χ2n) is 7.54. The molecule has 0 radical (unpaired) electrons. The van der Waals surface area contributed by atoms with Crippen LogP contribution in [0.4, 0.5) is 0 Å². The van der Waals surface area contributed by atoms with Gasteiger partial charge in [0.25, 0.3) is 0 Å². The number of hydrogen-bond acceptors (Lipinski definition) is 3. The predicted octanol–water partition coefficient (Wildman–Crippen LogP) is 5.01. The molecule has 3 nitrogen and oxygen atoms in total. The summed E-state index contributed by atoms with van der Waals surface area (Å²) >= 11 is 0. The lowest BCUT2D eigenvalue weighted by atomic mass is 9.95. The summed E-state index contributed by atoms with van der Waals surface area (Å²) in [6.07, 6.45) is 0.124. The Kier molecular flexibility index (Phi) is 7.46. The van der Waals surface area contributed by atoms with E-state index in [-0.39, 0.29) is 17.8 Å². The molecule has 1 rings (SSSR count). The van der Waals surface area contributed by atoms with Crippen LogP contribution in [-0.4, -0.2) is 26.6 Å². The van der Waals surface area contributed by atoms with Crippen molar-refractivity contribution in [2.24, 2.45) is 5.92 Å². The van der Waals surface area contributed by atoms with Gasteiger partial charge in [-0.25, -0.2) is 0 Å². The Morgan fingerprint density at radius 3 is 1.74 bits per heavy atom. The molecule has 0 atom stereocenters. The first-order chi connectivity index (χ1) is 10.6. The fourth-order valence-corrected chi connectivity index (χ4v) is 5.88. The maximum Gasteiger partial charge on any atom is 0.506 e. The topological polar surface area (TPSA) is 27.7 Å². The van der Waals surface area contributed by atoms with Gasteiger partial charge in [0.2, 0.25) is 0 Å². The van der Waals surface area contributed by atoms with E-state index in [4.69, 9.17) is 13.3 Å². The van der Waals surface area contributed by atoms with Gasteiger partial charge >= 0.3 is 8.80 Å². The van der Waals surface area contributed by atoms with Crippen LogP contribution < -0.4 is 0 Å². The third kappa shape index (κ3) is 6.75. The van der Waals surface area contributed by atoms with Crippen molar-refractivity contribution in [1.29, 1.82) is 0 Å². The van der Waals surface area contributed by atoms with Gasteiger partial charge in [-0.1, -0.05) is 44.2 Å². The molecule has 23 heavy (non-hydrogen) atoms. The van der Waals surface area contributed by atoms with Crippen LogP contribution in [0.5, 0.6) is 0 Å². The highest BCUT2D eigenvalue weighted by atomic mass is 28.4. The van der Waals surface area contributed by atoms with E-state index in [1.807, 2.05) is 45.9 Å². The number of hydrogen-bond donors (Lipinski definition) is 0. The van der Waals surface area contributed by atoms with Crippen LogP contribution in [0.15, 0.2) is 30.3 Å².